The van der Waals surface area contributed by atoms with Gasteiger partial charge in [-0.3, -0.25) is 19.0 Å². The molecule has 0 bridgehead atoms. The highest BCUT2D eigenvalue weighted by atomic mass is 19.1. The van der Waals surface area contributed by atoms with Gasteiger partial charge in [0.05, 0.1) is 23.4 Å². The molecule has 1 fully saturated rings. The van der Waals surface area contributed by atoms with Crippen molar-refractivity contribution in [2.24, 2.45) is 11.3 Å². The summed E-state index contributed by atoms with van der Waals surface area (Å²) in [7, 11) is 0. The first-order valence-corrected chi connectivity index (χ1v) is 7.32. The van der Waals surface area contributed by atoms with Crippen molar-refractivity contribution in [1.29, 1.82) is 5.26 Å². The number of pyridine rings is 1. The molecule has 2 atom stereocenters. The first kappa shape index (κ1) is 16.4. The van der Waals surface area contributed by atoms with Gasteiger partial charge < -0.3 is 10.4 Å². The second-order valence-electron chi connectivity index (χ2n) is 5.71. The summed E-state index contributed by atoms with van der Waals surface area (Å²) in [5.41, 5.74) is -1.94. The number of nitrogens with zero attached hydrogens (tertiary/aromatic N) is 2. The van der Waals surface area contributed by atoms with E-state index in [1.807, 2.05) is 0 Å². The first-order valence-electron chi connectivity index (χ1n) is 7.32. The highest BCUT2D eigenvalue weighted by Gasteiger charge is 2.65. The zero-order valence-corrected chi connectivity index (χ0v) is 12.8. The molecule has 3 rings (SSSR count). The lowest BCUT2D eigenvalue weighted by Gasteiger charge is -2.12. The van der Waals surface area contributed by atoms with Crippen molar-refractivity contribution in [3.05, 3.63) is 58.8 Å². The van der Waals surface area contributed by atoms with Gasteiger partial charge in [0, 0.05) is 18.3 Å². The first-order chi connectivity index (χ1) is 11.9. The average Bonchev–Trinajstić information content (AvgIpc) is 3.34. The quantitative estimate of drug-likeness (QED) is 0.876. The monoisotopic (exact) mass is 341 g/mol. The minimum absolute atomic E-state index is 0.107. The summed E-state index contributed by atoms with van der Waals surface area (Å²) in [6, 6.07) is 9.95. The van der Waals surface area contributed by atoms with Crippen LogP contribution in [-0.4, -0.2) is 21.6 Å². The van der Waals surface area contributed by atoms with E-state index in [0.717, 1.165) is 6.07 Å². The average molecular weight is 341 g/mol. The van der Waals surface area contributed by atoms with E-state index in [1.165, 1.54) is 29.0 Å². The van der Waals surface area contributed by atoms with Crippen molar-refractivity contribution in [2.45, 2.75) is 6.42 Å². The number of carbonyl (C=O) groups is 2. The van der Waals surface area contributed by atoms with Crippen molar-refractivity contribution in [2.75, 3.05) is 5.32 Å². The summed E-state index contributed by atoms with van der Waals surface area (Å²) in [6.07, 6.45) is 1.37. The van der Waals surface area contributed by atoms with Crippen molar-refractivity contribution < 1.29 is 19.1 Å². The number of carbonyl (C=O) groups excluding carboxylic acids is 1. The molecule has 7 nitrogen and oxygen atoms in total. The molecule has 126 valence electrons. The molecule has 1 aliphatic carbocycles. The van der Waals surface area contributed by atoms with Crippen molar-refractivity contribution in [3.63, 3.8) is 0 Å². The number of aliphatic carboxylic acids is 1. The maximum atomic E-state index is 14.3. The molecule has 2 aromatic rings. The third-order valence-electron chi connectivity index (χ3n) is 4.17. The van der Waals surface area contributed by atoms with Gasteiger partial charge >= 0.3 is 5.97 Å². The lowest BCUT2D eigenvalue weighted by Crippen LogP contribution is -2.27. The normalized spacial score (nSPS) is 21.2. The van der Waals surface area contributed by atoms with Gasteiger partial charge in [0.1, 0.15) is 11.2 Å². The Morgan fingerprint density at radius 2 is 2.12 bits per heavy atom. The molecular formula is C17H12FN3O4. The van der Waals surface area contributed by atoms with Gasteiger partial charge in [0.25, 0.3) is 5.56 Å². The Hall–Kier alpha value is -3.47. The minimum atomic E-state index is -1.67. The summed E-state index contributed by atoms with van der Waals surface area (Å²) in [5.74, 6) is -3.99. The fourth-order valence-electron chi connectivity index (χ4n) is 2.62. The Morgan fingerprint density at radius 1 is 1.36 bits per heavy atom. The maximum Gasteiger partial charge on any atom is 0.308 e. The third kappa shape index (κ3) is 2.76. The van der Waals surface area contributed by atoms with E-state index in [0.29, 0.717) is 0 Å². The Labute approximate surface area is 140 Å². The van der Waals surface area contributed by atoms with Crippen LogP contribution >= 0.6 is 0 Å². The summed E-state index contributed by atoms with van der Waals surface area (Å²) in [4.78, 5) is 34.9. The molecule has 1 aliphatic rings. The Kier molecular flexibility index (Phi) is 3.85. The van der Waals surface area contributed by atoms with Gasteiger partial charge in [-0.25, -0.2) is 4.39 Å². The zero-order chi connectivity index (χ0) is 18.2. The van der Waals surface area contributed by atoms with Gasteiger partial charge in [-0.15, -0.1) is 0 Å². The Morgan fingerprint density at radius 3 is 2.68 bits per heavy atom. The van der Waals surface area contributed by atoms with Crippen LogP contribution in [0.5, 0.6) is 0 Å². The number of aromatic nitrogens is 1. The number of amides is 1. The van der Waals surface area contributed by atoms with Gasteiger partial charge in [-0.2, -0.15) is 5.26 Å². The minimum Gasteiger partial charge on any atom is -0.481 e. The predicted octanol–water partition coefficient (Wildman–Crippen LogP) is 1.53. The number of hydrogen-bond donors (Lipinski definition) is 2. The number of benzene rings is 1. The molecule has 1 amide bonds. The second kappa shape index (κ2) is 5.87. The van der Waals surface area contributed by atoms with Crippen LogP contribution in [0, 0.1) is 28.5 Å². The lowest BCUT2D eigenvalue weighted by atomic mass is 10.0. The van der Waals surface area contributed by atoms with Crippen LogP contribution in [0.15, 0.2) is 47.4 Å². The van der Waals surface area contributed by atoms with Crippen LogP contribution in [0.2, 0.25) is 0 Å². The summed E-state index contributed by atoms with van der Waals surface area (Å²) in [6.45, 7) is 0. The Balaban J connectivity index is 1.85. The molecule has 0 aliphatic heterocycles. The largest absolute Gasteiger partial charge is 0.481 e. The number of halogens is 1. The van der Waals surface area contributed by atoms with E-state index >= 15 is 0 Å². The topological polar surface area (TPSA) is 112 Å². The zero-order valence-electron chi connectivity index (χ0n) is 12.8. The SMILES string of the molecule is N#C[C@]1(C(=O)Nc2ccc(-n3ccccc3=O)cc2F)C[C@@H]1C(=O)O. The molecule has 2 N–H and O–H groups in total. The van der Waals surface area contributed by atoms with Crippen molar-refractivity contribution in [3.8, 4) is 11.8 Å². The number of carboxylic acids is 1. The summed E-state index contributed by atoms with van der Waals surface area (Å²) < 4.78 is 15.5. The predicted molar refractivity (Wildman–Crippen MR) is 84.4 cm³/mol. The molecule has 1 saturated carbocycles. The lowest BCUT2D eigenvalue weighted by molar-refractivity contribution is -0.140. The third-order valence-corrected chi connectivity index (χ3v) is 4.17. The van der Waals surface area contributed by atoms with E-state index in [4.69, 9.17) is 10.4 Å². The van der Waals surface area contributed by atoms with Gasteiger partial charge in [-0.05, 0) is 24.6 Å². The molecule has 0 radical (unpaired) electrons. The molecule has 1 aromatic carbocycles. The highest BCUT2D eigenvalue weighted by Crippen LogP contribution is 2.53. The Bertz CT molecular complexity index is 978. The fourth-order valence-corrected chi connectivity index (χ4v) is 2.62. The van der Waals surface area contributed by atoms with Crippen LogP contribution < -0.4 is 10.9 Å². The smallest absolute Gasteiger partial charge is 0.308 e. The molecule has 25 heavy (non-hydrogen) atoms. The number of hydrogen-bond acceptors (Lipinski definition) is 4. The van der Waals surface area contributed by atoms with E-state index in [-0.39, 0.29) is 23.4 Å². The second-order valence-corrected chi connectivity index (χ2v) is 5.71. The van der Waals surface area contributed by atoms with E-state index in [1.54, 1.807) is 18.2 Å². The number of nitrogens with one attached hydrogen (secondary N) is 1. The van der Waals surface area contributed by atoms with Crippen LogP contribution in [0.3, 0.4) is 0 Å². The molecule has 1 heterocycles. The van der Waals surface area contributed by atoms with Gasteiger partial charge in [-0.1, -0.05) is 6.07 Å². The number of carboxylic acid groups (broad SMARTS) is 1. The van der Waals surface area contributed by atoms with E-state index < -0.39 is 29.0 Å². The molecule has 8 heteroatoms. The van der Waals surface area contributed by atoms with Crippen LogP contribution in [0.25, 0.3) is 5.69 Å². The van der Waals surface area contributed by atoms with Crippen LogP contribution in [0.1, 0.15) is 6.42 Å². The van der Waals surface area contributed by atoms with Crippen molar-refractivity contribution in [1.82, 2.24) is 4.57 Å². The molecule has 0 unspecified atom stereocenters. The van der Waals surface area contributed by atoms with Gasteiger partial charge in [0.2, 0.25) is 5.91 Å². The standard InChI is InChI=1S/C17H12FN3O4/c18-12-7-10(21-6-2-1-3-14(21)22)4-5-13(12)20-16(25)17(9-19)8-11(17)15(23)24/h1-7,11H,8H2,(H,20,25)(H,23,24)/t11-,17-/m1/s1. The summed E-state index contributed by atoms with van der Waals surface area (Å²) in [5, 5.41) is 20.3. The van der Waals surface area contributed by atoms with E-state index in [9.17, 15) is 18.8 Å². The fraction of sp³-hybridized carbons (Fsp3) is 0.176. The molecular weight excluding hydrogens is 329 g/mol. The van der Waals surface area contributed by atoms with Gasteiger partial charge in [0.15, 0.2) is 0 Å². The molecule has 0 spiro atoms. The number of nitriles is 1. The van der Waals surface area contributed by atoms with E-state index in [2.05, 4.69) is 5.32 Å². The molecule has 0 saturated heterocycles. The number of rotatable bonds is 4. The highest BCUT2D eigenvalue weighted by molar-refractivity contribution is 6.03. The maximum absolute atomic E-state index is 14.3. The van der Waals surface area contributed by atoms with Crippen molar-refractivity contribution >= 4 is 17.6 Å². The summed E-state index contributed by atoms with van der Waals surface area (Å²) >= 11 is 0. The number of anilines is 1. The van der Waals surface area contributed by atoms with Crippen LogP contribution in [-0.2, 0) is 9.59 Å². The van der Waals surface area contributed by atoms with Crippen LogP contribution in [0.4, 0.5) is 10.1 Å². The molecule has 1 aromatic heterocycles.